The number of hydrogen-bond acceptors (Lipinski definition) is 5. The summed E-state index contributed by atoms with van der Waals surface area (Å²) in [4.78, 5) is 3.97. The number of benzene rings is 2. The summed E-state index contributed by atoms with van der Waals surface area (Å²) < 4.78 is 54.0. The van der Waals surface area contributed by atoms with Crippen LogP contribution in [0.2, 0.25) is 0 Å². The van der Waals surface area contributed by atoms with Crippen molar-refractivity contribution in [1.82, 2.24) is 4.98 Å². The average Bonchev–Trinajstić information content (AvgIpc) is 2.63. The summed E-state index contributed by atoms with van der Waals surface area (Å²) in [7, 11) is -7.53. The molecule has 134 valence electrons. The van der Waals surface area contributed by atoms with Crippen molar-refractivity contribution in [3.05, 3.63) is 79.1 Å². The molecule has 0 fully saturated rings. The van der Waals surface area contributed by atoms with Crippen LogP contribution in [0.4, 0.5) is 11.4 Å². The number of nitrogens with one attached hydrogen (secondary N) is 2. The van der Waals surface area contributed by atoms with E-state index in [2.05, 4.69) is 14.4 Å². The molecule has 9 heteroatoms. The molecule has 0 unspecified atom stereocenters. The van der Waals surface area contributed by atoms with Crippen LogP contribution in [-0.4, -0.2) is 21.8 Å². The lowest BCUT2D eigenvalue weighted by molar-refractivity contribution is 0.600. The van der Waals surface area contributed by atoms with Crippen LogP contribution in [0.3, 0.4) is 0 Å². The fourth-order valence-electron chi connectivity index (χ4n) is 2.15. The van der Waals surface area contributed by atoms with Crippen molar-refractivity contribution >= 4 is 31.4 Å². The highest BCUT2D eigenvalue weighted by Crippen LogP contribution is 2.20. The van der Waals surface area contributed by atoms with E-state index in [1.54, 1.807) is 30.3 Å². The molecule has 3 rings (SSSR count). The Morgan fingerprint density at radius 3 is 1.77 bits per heavy atom. The number of nitrogens with zero attached hydrogens (tertiary/aromatic N) is 1. The topological polar surface area (TPSA) is 105 Å². The van der Waals surface area contributed by atoms with Crippen molar-refractivity contribution in [2.75, 3.05) is 9.44 Å². The van der Waals surface area contributed by atoms with Gasteiger partial charge in [-0.1, -0.05) is 18.2 Å². The third-order valence-corrected chi connectivity index (χ3v) is 6.18. The van der Waals surface area contributed by atoms with Gasteiger partial charge in [0.05, 0.1) is 21.7 Å². The highest BCUT2D eigenvalue weighted by atomic mass is 32.2. The van der Waals surface area contributed by atoms with Gasteiger partial charge in [0.1, 0.15) is 0 Å². The molecule has 0 aliphatic rings. The fourth-order valence-corrected chi connectivity index (χ4v) is 4.28. The Balaban J connectivity index is 1.78. The van der Waals surface area contributed by atoms with Crippen molar-refractivity contribution in [2.45, 2.75) is 9.79 Å². The van der Waals surface area contributed by atoms with Crippen LogP contribution in [0.15, 0.2) is 88.9 Å². The molecule has 2 N–H and O–H groups in total. The fraction of sp³-hybridized carbons (Fsp3) is 0. The van der Waals surface area contributed by atoms with Gasteiger partial charge in [-0.3, -0.25) is 14.4 Å². The van der Waals surface area contributed by atoms with Gasteiger partial charge in [-0.05, 0) is 48.5 Å². The van der Waals surface area contributed by atoms with Gasteiger partial charge < -0.3 is 0 Å². The van der Waals surface area contributed by atoms with E-state index >= 15 is 0 Å². The summed E-state index contributed by atoms with van der Waals surface area (Å²) in [6, 6.07) is 16.5. The summed E-state index contributed by atoms with van der Waals surface area (Å²) in [5, 5.41) is 0. The first kappa shape index (κ1) is 17.9. The number of hydrogen-bond donors (Lipinski definition) is 2. The molecule has 2 aromatic carbocycles. The molecule has 0 aliphatic heterocycles. The molecule has 1 aromatic heterocycles. The SMILES string of the molecule is O=S(=O)(Nc1ccc(S(=O)(=O)Nc2cccnc2)cc1)c1ccccc1. The van der Waals surface area contributed by atoms with Crippen LogP contribution in [0.5, 0.6) is 0 Å². The lowest BCUT2D eigenvalue weighted by Crippen LogP contribution is -2.14. The molecule has 3 aromatic rings. The van der Waals surface area contributed by atoms with E-state index in [9.17, 15) is 16.8 Å². The third kappa shape index (κ3) is 4.19. The molecule has 1 heterocycles. The van der Waals surface area contributed by atoms with E-state index in [4.69, 9.17) is 0 Å². The van der Waals surface area contributed by atoms with E-state index in [1.165, 1.54) is 48.8 Å². The van der Waals surface area contributed by atoms with Gasteiger partial charge in [-0.2, -0.15) is 0 Å². The Hall–Kier alpha value is -2.91. The van der Waals surface area contributed by atoms with Crippen molar-refractivity contribution < 1.29 is 16.8 Å². The molecular weight excluding hydrogens is 374 g/mol. The summed E-state index contributed by atoms with van der Waals surface area (Å²) in [5.41, 5.74) is 0.593. The number of pyridine rings is 1. The zero-order chi connectivity index (χ0) is 18.6. The van der Waals surface area contributed by atoms with Crippen molar-refractivity contribution in [1.29, 1.82) is 0 Å². The predicted molar refractivity (Wildman–Crippen MR) is 98.7 cm³/mol. The average molecular weight is 389 g/mol. The van der Waals surface area contributed by atoms with E-state index in [0.29, 0.717) is 5.69 Å². The van der Waals surface area contributed by atoms with Gasteiger partial charge >= 0.3 is 0 Å². The largest absolute Gasteiger partial charge is 0.280 e. The molecule has 0 atom stereocenters. The van der Waals surface area contributed by atoms with Gasteiger partial charge in [-0.25, -0.2) is 16.8 Å². The first-order chi connectivity index (χ1) is 12.4. The maximum atomic E-state index is 12.3. The molecule has 0 amide bonds. The molecule has 0 bridgehead atoms. The molecule has 0 radical (unpaired) electrons. The van der Waals surface area contributed by atoms with Crippen LogP contribution in [0, 0.1) is 0 Å². The Labute approximate surface area is 151 Å². The van der Waals surface area contributed by atoms with Crippen LogP contribution >= 0.6 is 0 Å². The van der Waals surface area contributed by atoms with Crippen LogP contribution < -0.4 is 9.44 Å². The maximum absolute atomic E-state index is 12.3. The van der Waals surface area contributed by atoms with Crippen molar-refractivity contribution in [2.24, 2.45) is 0 Å². The van der Waals surface area contributed by atoms with Gasteiger partial charge in [0, 0.05) is 11.9 Å². The minimum Gasteiger partial charge on any atom is -0.280 e. The van der Waals surface area contributed by atoms with E-state index in [-0.39, 0.29) is 15.5 Å². The van der Waals surface area contributed by atoms with Crippen molar-refractivity contribution in [3.63, 3.8) is 0 Å². The first-order valence-electron chi connectivity index (χ1n) is 7.48. The summed E-state index contributed by atoms with van der Waals surface area (Å²) in [6.07, 6.45) is 2.92. The Morgan fingerprint density at radius 1 is 0.615 bits per heavy atom. The summed E-state index contributed by atoms with van der Waals surface area (Å²) in [6.45, 7) is 0. The van der Waals surface area contributed by atoms with Gasteiger partial charge in [0.15, 0.2) is 0 Å². The second-order valence-electron chi connectivity index (χ2n) is 5.29. The predicted octanol–water partition coefficient (Wildman–Crippen LogP) is 2.68. The lowest BCUT2D eigenvalue weighted by Gasteiger charge is -2.10. The molecule has 26 heavy (non-hydrogen) atoms. The number of aromatic nitrogens is 1. The number of sulfonamides is 2. The van der Waals surface area contributed by atoms with Crippen molar-refractivity contribution in [3.8, 4) is 0 Å². The zero-order valence-electron chi connectivity index (χ0n) is 13.4. The Bertz CT molecular complexity index is 1080. The molecule has 0 aliphatic carbocycles. The quantitative estimate of drug-likeness (QED) is 0.674. The first-order valence-corrected chi connectivity index (χ1v) is 10.4. The Morgan fingerprint density at radius 2 is 1.19 bits per heavy atom. The highest BCUT2D eigenvalue weighted by molar-refractivity contribution is 7.93. The van der Waals surface area contributed by atoms with E-state index in [0.717, 1.165) is 0 Å². The van der Waals surface area contributed by atoms with E-state index < -0.39 is 20.0 Å². The highest BCUT2D eigenvalue weighted by Gasteiger charge is 2.16. The number of rotatable bonds is 6. The Kier molecular flexibility index (Phi) is 4.92. The summed E-state index contributed by atoms with van der Waals surface area (Å²) in [5.74, 6) is 0. The standard InChI is InChI=1S/C17H15N3O4S2/c21-25(22,16-6-2-1-3-7-16)19-14-8-10-17(11-9-14)26(23,24)20-15-5-4-12-18-13-15/h1-13,19-20H. The van der Waals surface area contributed by atoms with Crippen LogP contribution in [0.25, 0.3) is 0 Å². The molecule has 7 nitrogen and oxygen atoms in total. The third-order valence-electron chi connectivity index (χ3n) is 3.38. The minimum absolute atomic E-state index is 0.00371. The normalized spacial score (nSPS) is 11.7. The second kappa shape index (κ2) is 7.14. The van der Waals surface area contributed by atoms with Gasteiger partial charge in [-0.15, -0.1) is 0 Å². The van der Waals surface area contributed by atoms with Gasteiger partial charge in [0.25, 0.3) is 20.0 Å². The minimum atomic E-state index is -3.79. The molecular formula is C17H15N3O4S2. The lowest BCUT2D eigenvalue weighted by atomic mass is 10.3. The van der Waals surface area contributed by atoms with Crippen LogP contribution in [-0.2, 0) is 20.0 Å². The zero-order valence-corrected chi connectivity index (χ0v) is 15.0. The molecule has 0 saturated carbocycles. The number of anilines is 2. The smallest absolute Gasteiger partial charge is 0.261 e. The van der Waals surface area contributed by atoms with E-state index in [1.807, 2.05) is 0 Å². The van der Waals surface area contributed by atoms with Crippen LogP contribution in [0.1, 0.15) is 0 Å². The molecule has 0 spiro atoms. The monoisotopic (exact) mass is 389 g/mol. The second-order valence-corrected chi connectivity index (χ2v) is 8.65. The molecule has 0 saturated heterocycles. The maximum Gasteiger partial charge on any atom is 0.261 e. The van der Waals surface area contributed by atoms with Gasteiger partial charge in [0.2, 0.25) is 0 Å². The summed E-state index contributed by atoms with van der Waals surface area (Å²) >= 11 is 0.